The van der Waals surface area contributed by atoms with Crippen molar-refractivity contribution >= 4 is 0 Å². The molecule has 1 fully saturated rings. The number of hydrogen-bond acceptors (Lipinski definition) is 3. The van der Waals surface area contributed by atoms with E-state index in [1.165, 1.54) is 0 Å². The van der Waals surface area contributed by atoms with E-state index in [4.69, 9.17) is 10.00 Å². The van der Waals surface area contributed by atoms with Crippen LogP contribution in [0.1, 0.15) is 31.0 Å². The minimum absolute atomic E-state index is 0.0929. The molecule has 0 N–H and O–H groups in total. The number of nitriles is 1. The Labute approximate surface area is 100 Å². The molecule has 0 aromatic carbocycles. The van der Waals surface area contributed by atoms with Crippen LogP contribution in [0.2, 0.25) is 0 Å². The molecule has 1 aliphatic heterocycles. The molecule has 0 radical (unpaired) electrons. The SMILES string of the molecule is Cc1ccc(C#N)c(=O)n1CC1CCC(C)O1. The lowest BCUT2D eigenvalue weighted by Crippen LogP contribution is -2.29. The standard InChI is InChI=1S/C13H16N2O2/c1-9-3-5-11(7-14)13(16)15(9)8-12-6-4-10(2)17-12/h3,5,10,12H,4,6,8H2,1-2H3. The molecule has 0 saturated carbocycles. The number of nitrogens with zero attached hydrogens (tertiary/aromatic N) is 2. The fourth-order valence-corrected chi connectivity index (χ4v) is 2.21. The first-order chi connectivity index (χ1) is 8.11. The van der Waals surface area contributed by atoms with Crippen LogP contribution in [0.3, 0.4) is 0 Å². The van der Waals surface area contributed by atoms with Crippen LogP contribution in [0.4, 0.5) is 0 Å². The topological polar surface area (TPSA) is 55.0 Å². The predicted molar refractivity (Wildman–Crippen MR) is 63.7 cm³/mol. The van der Waals surface area contributed by atoms with Crippen molar-refractivity contribution in [3.8, 4) is 6.07 Å². The normalized spacial score (nSPS) is 23.6. The average Bonchev–Trinajstić information content (AvgIpc) is 2.70. The average molecular weight is 232 g/mol. The van der Waals surface area contributed by atoms with Crippen molar-refractivity contribution in [2.75, 3.05) is 0 Å². The van der Waals surface area contributed by atoms with E-state index in [0.717, 1.165) is 18.5 Å². The van der Waals surface area contributed by atoms with E-state index in [1.54, 1.807) is 16.7 Å². The Morgan fingerprint density at radius 3 is 2.88 bits per heavy atom. The van der Waals surface area contributed by atoms with Crippen LogP contribution >= 0.6 is 0 Å². The highest BCUT2D eigenvalue weighted by Crippen LogP contribution is 2.20. The third-order valence-electron chi connectivity index (χ3n) is 3.22. The van der Waals surface area contributed by atoms with Crippen molar-refractivity contribution in [2.24, 2.45) is 0 Å². The Morgan fingerprint density at radius 1 is 1.53 bits per heavy atom. The summed E-state index contributed by atoms with van der Waals surface area (Å²) >= 11 is 0. The van der Waals surface area contributed by atoms with E-state index >= 15 is 0 Å². The van der Waals surface area contributed by atoms with Crippen LogP contribution < -0.4 is 5.56 Å². The van der Waals surface area contributed by atoms with Gasteiger partial charge in [0.1, 0.15) is 11.6 Å². The van der Waals surface area contributed by atoms with Crippen LogP contribution in [0, 0.1) is 18.3 Å². The summed E-state index contributed by atoms with van der Waals surface area (Å²) < 4.78 is 7.35. The number of hydrogen-bond donors (Lipinski definition) is 0. The van der Waals surface area contributed by atoms with Crippen molar-refractivity contribution in [3.63, 3.8) is 0 Å². The summed E-state index contributed by atoms with van der Waals surface area (Å²) in [5, 5.41) is 8.84. The Bertz CT molecular complexity index is 513. The minimum Gasteiger partial charge on any atom is -0.373 e. The first-order valence-electron chi connectivity index (χ1n) is 5.88. The number of aryl methyl sites for hydroxylation is 1. The molecule has 0 amide bonds. The third-order valence-corrected chi connectivity index (χ3v) is 3.22. The second-order valence-corrected chi connectivity index (χ2v) is 4.56. The fraction of sp³-hybridized carbons (Fsp3) is 0.538. The summed E-state index contributed by atoms with van der Waals surface area (Å²) in [4.78, 5) is 12.0. The Kier molecular flexibility index (Phi) is 3.30. The lowest BCUT2D eigenvalue weighted by molar-refractivity contribution is 0.0448. The van der Waals surface area contributed by atoms with Gasteiger partial charge in [-0.3, -0.25) is 4.79 Å². The van der Waals surface area contributed by atoms with Gasteiger partial charge in [-0.05, 0) is 38.8 Å². The van der Waals surface area contributed by atoms with Crippen molar-refractivity contribution in [1.82, 2.24) is 4.57 Å². The van der Waals surface area contributed by atoms with Gasteiger partial charge in [0, 0.05) is 5.69 Å². The van der Waals surface area contributed by atoms with E-state index in [2.05, 4.69) is 0 Å². The zero-order chi connectivity index (χ0) is 12.4. The summed E-state index contributed by atoms with van der Waals surface area (Å²) in [6.07, 6.45) is 2.38. The summed E-state index contributed by atoms with van der Waals surface area (Å²) in [7, 11) is 0. The largest absolute Gasteiger partial charge is 0.373 e. The van der Waals surface area contributed by atoms with Gasteiger partial charge in [0.2, 0.25) is 0 Å². The molecule has 0 aliphatic carbocycles. The Hall–Kier alpha value is -1.60. The summed E-state index contributed by atoms with van der Waals surface area (Å²) in [5.74, 6) is 0. The number of aromatic nitrogens is 1. The molecule has 1 saturated heterocycles. The van der Waals surface area contributed by atoms with Gasteiger partial charge in [-0.2, -0.15) is 5.26 Å². The van der Waals surface area contributed by atoms with Crippen molar-refractivity contribution in [1.29, 1.82) is 5.26 Å². The van der Waals surface area contributed by atoms with E-state index in [0.29, 0.717) is 6.54 Å². The molecule has 2 unspecified atom stereocenters. The molecular formula is C13H16N2O2. The van der Waals surface area contributed by atoms with Gasteiger partial charge in [-0.15, -0.1) is 0 Å². The zero-order valence-corrected chi connectivity index (χ0v) is 10.1. The van der Waals surface area contributed by atoms with Crippen molar-refractivity contribution in [2.45, 2.75) is 45.4 Å². The molecule has 17 heavy (non-hydrogen) atoms. The fourth-order valence-electron chi connectivity index (χ4n) is 2.21. The van der Waals surface area contributed by atoms with Gasteiger partial charge in [-0.1, -0.05) is 0 Å². The molecule has 1 aromatic heterocycles. The molecule has 4 heteroatoms. The second kappa shape index (κ2) is 4.72. The highest BCUT2D eigenvalue weighted by atomic mass is 16.5. The van der Waals surface area contributed by atoms with Gasteiger partial charge >= 0.3 is 0 Å². The highest BCUT2D eigenvalue weighted by molar-refractivity contribution is 5.27. The first-order valence-corrected chi connectivity index (χ1v) is 5.88. The molecule has 90 valence electrons. The van der Waals surface area contributed by atoms with Crippen LogP contribution in [0.15, 0.2) is 16.9 Å². The van der Waals surface area contributed by atoms with Crippen LogP contribution in [0.5, 0.6) is 0 Å². The van der Waals surface area contributed by atoms with E-state index in [1.807, 2.05) is 19.9 Å². The lowest BCUT2D eigenvalue weighted by Gasteiger charge is -2.15. The Morgan fingerprint density at radius 2 is 2.29 bits per heavy atom. The van der Waals surface area contributed by atoms with Crippen molar-refractivity contribution in [3.05, 3.63) is 33.7 Å². The van der Waals surface area contributed by atoms with Gasteiger partial charge < -0.3 is 9.30 Å². The van der Waals surface area contributed by atoms with Gasteiger partial charge in [-0.25, -0.2) is 0 Å². The molecule has 1 aromatic rings. The van der Waals surface area contributed by atoms with E-state index < -0.39 is 0 Å². The smallest absolute Gasteiger partial charge is 0.268 e. The number of pyridine rings is 1. The van der Waals surface area contributed by atoms with Crippen LogP contribution in [0.25, 0.3) is 0 Å². The van der Waals surface area contributed by atoms with Gasteiger partial charge in [0.15, 0.2) is 0 Å². The maximum absolute atomic E-state index is 12.0. The lowest BCUT2D eigenvalue weighted by atomic mass is 10.2. The van der Waals surface area contributed by atoms with Gasteiger partial charge in [0.25, 0.3) is 5.56 Å². The molecule has 1 aliphatic rings. The zero-order valence-electron chi connectivity index (χ0n) is 10.1. The minimum atomic E-state index is -0.212. The quantitative estimate of drug-likeness (QED) is 0.778. The molecule has 2 heterocycles. The molecule has 2 atom stereocenters. The number of ether oxygens (including phenoxy) is 1. The predicted octanol–water partition coefficient (Wildman–Crippen LogP) is 1.60. The van der Waals surface area contributed by atoms with Crippen molar-refractivity contribution < 1.29 is 4.74 Å². The first kappa shape index (κ1) is 11.9. The maximum atomic E-state index is 12.0. The summed E-state index contributed by atoms with van der Waals surface area (Å²) in [6, 6.07) is 5.30. The van der Waals surface area contributed by atoms with Crippen LogP contribution in [-0.4, -0.2) is 16.8 Å². The van der Waals surface area contributed by atoms with Gasteiger partial charge in [0.05, 0.1) is 18.8 Å². The van der Waals surface area contributed by atoms with E-state index in [9.17, 15) is 4.79 Å². The summed E-state index contributed by atoms with van der Waals surface area (Å²) in [6.45, 7) is 4.47. The molecule has 0 spiro atoms. The summed E-state index contributed by atoms with van der Waals surface area (Å²) in [5.41, 5.74) is 0.856. The van der Waals surface area contributed by atoms with E-state index in [-0.39, 0.29) is 23.3 Å². The number of rotatable bonds is 2. The monoisotopic (exact) mass is 232 g/mol. The van der Waals surface area contributed by atoms with Crippen LogP contribution in [-0.2, 0) is 11.3 Å². The second-order valence-electron chi connectivity index (χ2n) is 4.56. The Balaban J connectivity index is 2.27. The maximum Gasteiger partial charge on any atom is 0.268 e. The molecule has 0 bridgehead atoms. The third kappa shape index (κ3) is 2.40. The highest BCUT2D eigenvalue weighted by Gasteiger charge is 2.23. The molecular weight excluding hydrogens is 216 g/mol. The molecule has 4 nitrogen and oxygen atoms in total. The molecule has 2 rings (SSSR count).